The fourth-order valence-electron chi connectivity index (χ4n) is 5.16. The second-order valence-electron chi connectivity index (χ2n) is 10.3. The fraction of sp³-hybridized carbons (Fsp3) is 0.471. The number of hydrogen-bond donors (Lipinski definition) is 0. The molecule has 0 atom stereocenters. The van der Waals surface area contributed by atoms with Crippen molar-refractivity contribution < 1.29 is 4.48 Å². The zero-order valence-electron chi connectivity index (χ0n) is 23.7. The van der Waals surface area contributed by atoms with Crippen LogP contribution in [0.25, 0.3) is 0 Å². The SMILES string of the molecule is CCCC[N+](CCCC)(CCCC)CCCC.c1ccc(B(c2ccccc2)c2ccccc2)cc1. The Hall–Kier alpha value is -2.32. The second-order valence-corrected chi connectivity index (χ2v) is 10.3. The summed E-state index contributed by atoms with van der Waals surface area (Å²) >= 11 is 0. The van der Waals surface area contributed by atoms with Gasteiger partial charge in [0.25, 0.3) is 0 Å². The predicted octanol–water partition coefficient (Wildman–Crippen LogP) is 7.21. The highest BCUT2D eigenvalue weighted by molar-refractivity contribution is 6.95. The lowest BCUT2D eigenvalue weighted by Gasteiger charge is -2.39. The van der Waals surface area contributed by atoms with E-state index in [2.05, 4.69) is 119 Å². The average molecular weight is 485 g/mol. The number of unbranched alkanes of at least 4 members (excludes halogenated alkanes) is 4. The van der Waals surface area contributed by atoms with Crippen LogP contribution in [-0.2, 0) is 0 Å². The van der Waals surface area contributed by atoms with Gasteiger partial charge in [-0.25, -0.2) is 0 Å². The van der Waals surface area contributed by atoms with Crippen molar-refractivity contribution in [2.45, 2.75) is 79.1 Å². The Bertz CT molecular complexity index is 763. The van der Waals surface area contributed by atoms with Crippen molar-refractivity contribution in [1.29, 1.82) is 0 Å². The molecular weight excluding hydrogens is 433 g/mol. The molecule has 3 aromatic rings. The maximum Gasteiger partial charge on any atom is 0.241 e. The third-order valence-corrected chi connectivity index (χ3v) is 7.34. The molecule has 0 N–H and O–H groups in total. The molecule has 0 amide bonds. The molecule has 0 aromatic heterocycles. The third kappa shape index (κ3) is 10.4. The average Bonchev–Trinajstić information content (AvgIpc) is 2.94. The second kappa shape index (κ2) is 18.0. The third-order valence-electron chi connectivity index (χ3n) is 7.34. The van der Waals surface area contributed by atoms with Crippen LogP contribution in [0.1, 0.15) is 79.1 Å². The summed E-state index contributed by atoms with van der Waals surface area (Å²) in [5, 5.41) is 0. The molecule has 194 valence electrons. The van der Waals surface area contributed by atoms with Crippen molar-refractivity contribution in [2.24, 2.45) is 0 Å². The summed E-state index contributed by atoms with van der Waals surface area (Å²) in [7, 11) is 0. The highest BCUT2D eigenvalue weighted by Gasteiger charge is 2.24. The number of nitrogens with zero attached hydrogens (tertiary/aromatic N) is 1. The molecular formula is C34H51BN+. The minimum Gasteiger partial charge on any atom is -0.324 e. The van der Waals surface area contributed by atoms with E-state index in [4.69, 9.17) is 0 Å². The molecule has 1 nitrogen and oxygen atoms in total. The molecule has 0 saturated heterocycles. The van der Waals surface area contributed by atoms with E-state index in [1.54, 1.807) is 0 Å². The Balaban J connectivity index is 0.000000256. The molecule has 0 unspecified atom stereocenters. The molecule has 0 aliphatic rings. The topological polar surface area (TPSA) is 0 Å². The van der Waals surface area contributed by atoms with Gasteiger partial charge in [0.1, 0.15) is 0 Å². The standard InChI is InChI=1S/C18H15B.C16H36N/c1-4-10-16(11-5-1)19(17-12-6-2-7-13-17)18-14-8-3-9-15-18;1-5-9-13-17(14-10-6-2,15-11-7-3)16-12-8-4/h1-15H;5-16H2,1-4H3/q;+1. The van der Waals surface area contributed by atoms with E-state index in [0.29, 0.717) is 6.71 Å². The van der Waals surface area contributed by atoms with Crippen LogP contribution in [0.4, 0.5) is 0 Å². The van der Waals surface area contributed by atoms with E-state index in [0.717, 1.165) is 0 Å². The van der Waals surface area contributed by atoms with E-state index in [9.17, 15) is 0 Å². The molecule has 3 aromatic carbocycles. The van der Waals surface area contributed by atoms with Crippen molar-refractivity contribution in [2.75, 3.05) is 26.2 Å². The van der Waals surface area contributed by atoms with Crippen LogP contribution in [0, 0.1) is 0 Å². The Morgan fingerprint density at radius 1 is 0.417 bits per heavy atom. The molecule has 0 spiro atoms. The predicted molar refractivity (Wildman–Crippen MR) is 163 cm³/mol. The van der Waals surface area contributed by atoms with Gasteiger partial charge in [0.05, 0.1) is 26.2 Å². The van der Waals surface area contributed by atoms with Crippen molar-refractivity contribution >= 4 is 23.1 Å². The smallest absolute Gasteiger partial charge is 0.241 e. The molecule has 36 heavy (non-hydrogen) atoms. The summed E-state index contributed by atoms with van der Waals surface area (Å²) in [6.45, 7) is 15.3. The summed E-state index contributed by atoms with van der Waals surface area (Å²) < 4.78 is 1.42. The van der Waals surface area contributed by atoms with E-state index in [1.165, 1.54) is 98.4 Å². The first-order chi connectivity index (χ1) is 17.7. The first-order valence-electron chi connectivity index (χ1n) is 14.7. The minimum atomic E-state index is 0.309. The Labute approximate surface area is 223 Å². The van der Waals surface area contributed by atoms with Crippen LogP contribution < -0.4 is 16.4 Å². The summed E-state index contributed by atoms with van der Waals surface area (Å²) in [5.41, 5.74) is 4.00. The van der Waals surface area contributed by atoms with Gasteiger partial charge in [0, 0.05) is 0 Å². The fourth-order valence-corrected chi connectivity index (χ4v) is 5.16. The quantitative estimate of drug-likeness (QED) is 0.158. The van der Waals surface area contributed by atoms with E-state index in [1.807, 2.05) is 0 Å². The Morgan fingerprint density at radius 3 is 0.889 bits per heavy atom. The largest absolute Gasteiger partial charge is 0.324 e. The maximum atomic E-state index is 2.33. The highest BCUT2D eigenvalue weighted by atomic mass is 15.3. The molecule has 3 rings (SSSR count). The van der Waals surface area contributed by atoms with Crippen LogP contribution >= 0.6 is 0 Å². The molecule has 0 fully saturated rings. The van der Waals surface area contributed by atoms with Crippen molar-refractivity contribution in [3.05, 3.63) is 91.0 Å². The molecule has 0 radical (unpaired) electrons. The van der Waals surface area contributed by atoms with Gasteiger partial charge in [0.15, 0.2) is 0 Å². The van der Waals surface area contributed by atoms with Crippen LogP contribution in [0.15, 0.2) is 91.0 Å². The highest BCUT2D eigenvalue weighted by Crippen LogP contribution is 2.16. The van der Waals surface area contributed by atoms with E-state index in [-0.39, 0.29) is 0 Å². The lowest BCUT2D eigenvalue weighted by Crippen LogP contribution is -2.51. The zero-order valence-corrected chi connectivity index (χ0v) is 23.7. The van der Waals surface area contributed by atoms with Crippen LogP contribution in [0.2, 0.25) is 0 Å². The van der Waals surface area contributed by atoms with Crippen molar-refractivity contribution in [1.82, 2.24) is 0 Å². The normalized spacial score (nSPS) is 11.0. The Morgan fingerprint density at radius 2 is 0.667 bits per heavy atom. The first kappa shape index (κ1) is 29.9. The Kier molecular flexibility index (Phi) is 15.0. The van der Waals surface area contributed by atoms with Crippen molar-refractivity contribution in [3.8, 4) is 0 Å². The summed E-state index contributed by atoms with van der Waals surface area (Å²) in [6.07, 6.45) is 11.1. The summed E-state index contributed by atoms with van der Waals surface area (Å²) in [6, 6.07) is 32.0. The van der Waals surface area contributed by atoms with Crippen molar-refractivity contribution in [3.63, 3.8) is 0 Å². The van der Waals surface area contributed by atoms with Gasteiger partial charge >= 0.3 is 0 Å². The number of benzene rings is 3. The van der Waals surface area contributed by atoms with Crippen LogP contribution in [0.5, 0.6) is 0 Å². The maximum absolute atomic E-state index is 2.33. The van der Waals surface area contributed by atoms with Gasteiger partial charge in [-0.3, -0.25) is 0 Å². The van der Waals surface area contributed by atoms with Crippen LogP contribution in [-0.4, -0.2) is 37.4 Å². The van der Waals surface area contributed by atoms with Crippen LogP contribution in [0.3, 0.4) is 0 Å². The summed E-state index contributed by atoms with van der Waals surface area (Å²) in [5.74, 6) is 0. The van der Waals surface area contributed by atoms with Gasteiger partial charge in [-0.2, -0.15) is 0 Å². The van der Waals surface area contributed by atoms with Gasteiger partial charge in [-0.1, -0.05) is 161 Å². The zero-order chi connectivity index (χ0) is 25.9. The van der Waals surface area contributed by atoms with E-state index < -0.39 is 0 Å². The molecule has 0 heterocycles. The van der Waals surface area contributed by atoms with Gasteiger partial charge in [-0.05, 0) is 25.7 Å². The number of rotatable bonds is 15. The molecule has 0 aliphatic heterocycles. The number of quaternary nitrogens is 1. The molecule has 2 heteroatoms. The summed E-state index contributed by atoms with van der Waals surface area (Å²) in [4.78, 5) is 0. The minimum absolute atomic E-state index is 0.309. The van der Waals surface area contributed by atoms with E-state index >= 15 is 0 Å². The monoisotopic (exact) mass is 484 g/mol. The molecule has 0 aliphatic carbocycles. The lowest BCUT2D eigenvalue weighted by molar-refractivity contribution is -0.929. The van der Waals surface area contributed by atoms with Gasteiger partial charge < -0.3 is 4.48 Å². The first-order valence-corrected chi connectivity index (χ1v) is 14.7. The van der Waals surface area contributed by atoms with Gasteiger partial charge in [-0.15, -0.1) is 0 Å². The molecule has 0 saturated carbocycles. The lowest BCUT2D eigenvalue weighted by atomic mass is 9.37. The number of hydrogen-bond acceptors (Lipinski definition) is 0. The molecule has 0 bridgehead atoms. The van der Waals surface area contributed by atoms with Gasteiger partial charge in [0.2, 0.25) is 6.71 Å².